The van der Waals surface area contributed by atoms with Crippen LogP contribution in [0.25, 0.3) is 0 Å². The third-order valence-corrected chi connectivity index (χ3v) is 4.77. The molecule has 1 fully saturated rings. The van der Waals surface area contributed by atoms with Crippen LogP contribution >= 0.6 is 0 Å². The van der Waals surface area contributed by atoms with Crippen molar-refractivity contribution in [3.05, 3.63) is 71.8 Å². The molecule has 1 heterocycles. The van der Waals surface area contributed by atoms with Gasteiger partial charge in [0.1, 0.15) is 5.60 Å². The van der Waals surface area contributed by atoms with Gasteiger partial charge in [-0.15, -0.1) is 0 Å². The minimum absolute atomic E-state index is 0.583. The Kier molecular flexibility index (Phi) is 5.41. The average Bonchev–Trinajstić information content (AvgIpc) is 2.65. The molecular weight excluding hydrogens is 298 g/mol. The van der Waals surface area contributed by atoms with Crippen molar-refractivity contribution in [1.29, 1.82) is 5.41 Å². The third-order valence-electron chi connectivity index (χ3n) is 4.77. The highest BCUT2D eigenvalue weighted by molar-refractivity contribution is 5.55. The summed E-state index contributed by atoms with van der Waals surface area (Å²) < 4.78 is 0. The van der Waals surface area contributed by atoms with Crippen molar-refractivity contribution in [3.63, 3.8) is 0 Å². The van der Waals surface area contributed by atoms with Gasteiger partial charge in [-0.1, -0.05) is 60.7 Å². The number of rotatable bonds is 6. The van der Waals surface area contributed by atoms with Crippen LogP contribution in [-0.4, -0.2) is 60.4 Å². The Morgan fingerprint density at radius 1 is 0.833 bits per heavy atom. The average molecular weight is 323 g/mol. The molecule has 3 rings (SSSR count). The first-order valence-corrected chi connectivity index (χ1v) is 8.49. The van der Waals surface area contributed by atoms with Crippen LogP contribution in [0.2, 0.25) is 0 Å². The molecule has 2 aromatic rings. The molecule has 4 heteroatoms. The zero-order chi connectivity index (χ0) is 16.8. The minimum Gasteiger partial charge on any atom is -0.379 e. The lowest BCUT2D eigenvalue weighted by molar-refractivity contribution is 0.0189. The summed E-state index contributed by atoms with van der Waals surface area (Å²) in [6, 6.07) is 19.9. The summed E-state index contributed by atoms with van der Waals surface area (Å²) in [5.41, 5.74) is 0.850. The molecule has 0 saturated carbocycles. The highest BCUT2D eigenvalue weighted by Crippen LogP contribution is 2.30. The number of hydrogen-bond donors (Lipinski definition) is 2. The summed E-state index contributed by atoms with van der Waals surface area (Å²) in [6.07, 6.45) is 1.46. The molecule has 0 amide bonds. The Balaban J connectivity index is 1.81. The number of piperazine rings is 1. The van der Waals surface area contributed by atoms with Crippen LogP contribution in [0.1, 0.15) is 11.1 Å². The van der Waals surface area contributed by atoms with E-state index in [0.717, 1.165) is 43.9 Å². The Bertz CT molecular complexity index is 597. The first-order chi connectivity index (χ1) is 11.7. The second kappa shape index (κ2) is 7.71. The lowest BCUT2D eigenvalue weighted by Gasteiger charge is -2.39. The van der Waals surface area contributed by atoms with Crippen LogP contribution in [0.15, 0.2) is 60.7 Å². The molecule has 1 aliphatic rings. The predicted molar refractivity (Wildman–Crippen MR) is 97.5 cm³/mol. The van der Waals surface area contributed by atoms with E-state index in [4.69, 9.17) is 5.41 Å². The first kappa shape index (κ1) is 16.8. The van der Waals surface area contributed by atoms with Crippen LogP contribution in [0, 0.1) is 5.41 Å². The van der Waals surface area contributed by atoms with Gasteiger partial charge in [-0.25, -0.2) is 0 Å². The highest BCUT2D eigenvalue weighted by atomic mass is 16.3. The van der Waals surface area contributed by atoms with E-state index in [9.17, 15) is 5.11 Å². The van der Waals surface area contributed by atoms with Crippen LogP contribution in [0.5, 0.6) is 0 Å². The summed E-state index contributed by atoms with van der Waals surface area (Å²) >= 11 is 0. The van der Waals surface area contributed by atoms with Gasteiger partial charge in [-0.05, 0) is 11.1 Å². The molecule has 0 atom stereocenters. The van der Waals surface area contributed by atoms with E-state index in [1.165, 1.54) is 6.21 Å². The molecule has 1 saturated heterocycles. The fourth-order valence-electron chi connectivity index (χ4n) is 3.36. The van der Waals surface area contributed by atoms with E-state index in [0.29, 0.717) is 6.54 Å². The second-order valence-corrected chi connectivity index (χ2v) is 6.37. The van der Waals surface area contributed by atoms with Crippen molar-refractivity contribution in [2.24, 2.45) is 0 Å². The summed E-state index contributed by atoms with van der Waals surface area (Å²) in [7, 11) is 0. The first-order valence-electron chi connectivity index (χ1n) is 8.49. The fourth-order valence-corrected chi connectivity index (χ4v) is 3.36. The smallest absolute Gasteiger partial charge is 0.127 e. The van der Waals surface area contributed by atoms with Gasteiger partial charge in [0, 0.05) is 45.5 Å². The SMILES string of the molecule is N=CCN1CCN(CC(O)(c2ccccc2)c2ccccc2)CC1. The van der Waals surface area contributed by atoms with E-state index in [-0.39, 0.29) is 0 Å². The van der Waals surface area contributed by atoms with Crippen LogP contribution < -0.4 is 0 Å². The van der Waals surface area contributed by atoms with Gasteiger partial charge in [0.15, 0.2) is 0 Å². The van der Waals surface area contributed by atoms with Crippen molar-refractivity contribution >= 4 is 6.21 Å². The van der Waals surface area contributed by atoms with Crippen molar-refractivity contribution in [3.8, 4) is 0 Å². The fraction of sp³-hybridized carbons (Fsp3) is 0.350. The Labute approximate surface area is 143 Å². The van der Waals surface area contributed by atoms with Crippen molar-refractivity contribution in [2.45, 2.75) is 5.60 Å². The molecule has 4 nitrogen and oxygen atoms in total. The lowest BCUT2D eigenvalue weighted by atomic mass is 9.85. The minimum atomic E-state index is -1.01. The second-order valence-electron chi connectivity index (χ2n) is 6.37. The van der Waals surface area contributed by atoms with Gasteiger partial charge in [-0.2, -0.15) is 0 Å². The molecule has 24 heavy (non-hydrogen) atoms. The molecule has 2 aromatic carbocycles. The standard InChI is InChI=1S/C20H25N3O/c21-11-12-22-13-15-23(16-14-22)17-20(24,18-7-3-1-4-8-18)19-9-5-2-6-10-19/h1-11,21,24H,12-17H2. The third kappa shape index (κ3) is 3.73. The predicted octanol–water partition coefficient (Wildman–Crippen LogP) is 2.19. The maximum absolute atomic E-state index is 11.6. The largest absolute Gasteiger partial charge is 0.379 e. The topological polar surface area (TPSA) is 50.6 Å². The maximum Gasteiger partial charge on any atom is 0.127 e. The molecule has 0 aromatic heterocycles. The molecular formula is C20H25N3O. The quantitative estimate of drug-likeness (QED) is 0.801. The summed E-state index contributed by atoms with van der Waals surface area (Å²) in [5, 5.41) is 18.8. The molecule has 0 radical (unpaired) electrons. The molecule has 0 aliphatic carbocycles. The molecule has 0 unspecified atom stereocenters. The number of nitrogens with one attached hydrogen (secondary N) is 1. The summed E-state index contributed by atoms with van der Waals surface area (Å²) in [5.74, 6) is 0. The normalized spacial score (nSPS) is 16.9. The maximum atomic E-state index is 11.6. The Hall–Kier alpha value is -2.01. The molecule has 0 spiro atoms. The van der Waals surface area contributed by atoms with Crippen molar-refractivity contribution < 1.29 is 5.11 Å². The number of β-amino-alcohol motifs (C(OH)–C–C–N with tert-alkyl or cyclic N) is 1. The van der Waals surface area contributed by atoms with E-state index >= 15 is 0 Å². The molecule has 0 bridgehead atoms. The summed E-state index contributed by atoms with van der Waals surface area (Å²) in [6.45, 7) is 5.00. The van der Waals surface area contributed by atoms with Gasteiger partial charge in [0.2, 0.25) is 0 Å². The van der Waals surface area contributed by atoms with Gasteiger partial charge < -0.3 is 10.5 Å². The van der Waals surface area contributed by atoms with Crippen LogP contribution in [0.3, 0.4) is 0 Å². The van der Waals surface area contributed by atoms with Gasteiger partial charge >= 0.3 is 0 Å². The van der Waals surface area contributed by atoms with Gasteiger partial charge in [0.25, 0.3) is 0 Å². The van der Waals surface area contributed by atoms with Gasteiger partial charge in [-0.3, -0.25) is 9.80 Å². The van der Waals surface area contributed by atoms with E-state index < -0.39 is 5.60 Å². The van der Waals surface area contributed by atoms with Crippen molar-refractivity contribution in [1.82, 2.24) is 9.80 Å². The van der Waals surface area contributed by atoms with E-state index in [1.807, 2.05) is 60.7 Å². The number of nitrogens with zero attached hydrogens (tertiary/aromatic N) is 2. The van der Waals surface area contributed by atoms with Crippen molar-refractivity contribution in [2.75, 3.05) is 39.3 Å². The Morgan fingerprint density at radius 2 is 1.29 bits per heavy atom. The number of hydrogen-bond acceptors (Lipinski definition) is 4. The molecule has 126 valence electrons. The van der Waals surface area contributed by atoms with Crippen LogP contribution in [-0.2, 0) is 5.60 Å². The van der Waals surface area contributed by atoms with Gasteiger partial charge in [0.05, 0.1) is 0 Å². The number of aliphatic hydroxyl groups is 1. The zero-order valence-electron chi connectivity index (χ0n) is 13.9. The summed E-state index contributed by atoms with van der Waals surface area (Å²) in [4.78, 5) is 4.59. The van der Waals surface area contributed by atoms with E-state index in [2.05, 4.69) is 9.80 Å². The lowest BCUT2D eigenvalue weighted by Crippen LogP contribution is -2.51. The zero-order valence-corrected chi connectivity index (χ0v) is 13.9. The monoisotopic (exact) mass is 323 g/mol. The Morgan fingerprint density at radius 3 is 1.75 bits per heavy atom. The highest BCUT2D eigenvalue weighted by Gasteiger charge is 2.34. The number of benzene rings is 2. The molecule has 2 N–H and O–H groups in total. The molecule has 1 aliphatic heterocycles. The van der Waals surface area contributed by atoms with E-state index in [1.54, 1.807) is 0 Å². The van der Waals surface area contributed by atoms with Crippen LogP contribution in [0.4, 0.5) is 0 Å².